The van der Waals surface area contributed by atoms with Crippen molar-refractivity contribution in [3.63, 3.8) is 0 Å². The average molecular weight is 478 g/mol. The van der Waals surface area contributed by atoms with Gasteiger partial charge < -0.3 is 10.1 Å². The van der Waals surface area contributed by atoms with E-state index in [0.717, 1.165) is 11.1 Å². The molecule has 2 aromatic heterocycles. The zero-order valence-electron chi connectivity index (χ0n) is 18.9. The molecule has 0 atom stereocenters. The molecule has 0 unspecified atom stereocenters. The van der Waals surface area contributed by atoms with Crippen molar-refractivity contribution in [2.45, 2.75) is 13.2 Å². The second kappa shape index (κ2) is 10.1. The summed E-state index contributed by atoms with van der Waals surface area (Å²) in [5.41, 5.74) is 5.19. The van der Waals surface area contributed by atoms with Crippen LogP contribution in [0.5, 0.6) is 0 Å². The van der Waals surface area contributed by atoms with Crippen molar-refractivity contribution < 1.29 is 13.9 Å². The van der Waals surface area contributed by atoms with Gasteiger partial charge in [-0.2, -0.15) is 5.26 Å². The average Bonchev–Trinajstić information content (AvgIpc) is 3.38. The molecular formula is C27H19FN6O2. The molecule has 1 amide bonds. The number of rotatable bonds is 7. The number of H-pyrrole nitrogens is 1. The van der Waals surface area contributed by atoms with Gasteiger partial charge >= 0.3 is 0 Å². The maximum atomic E-state index is 14.5. The number of carbonyl (C=O) groups excluding carboxylic acids is 1. The number of halogens is 1. The van der Waals surface area contributed by atoms with Gasteiger partial charge in [-0.05, 0) is 65.7 Å². The number of carbonyl (C=O) groups is 1. The third-order valence-corrected chi connectivity index (χ3v) is 5.53. The SMILES string of the molecule is N#Cc1ccc(COCc2ccc(NC(=O)c3cc(-c4ccc5[nH]nnc5n4)ccc3F)cc2)cc1. The Kier molecular flexibility index (Phi) is 6.42. The lowest BCUT2D eigenvalue weighted by Crippen LogP contribution is -2.14. The first-order valence-electron chi connectivity index (χ1n) is 11.0. The van der Waals surface area contributed by atoms with E-state index in [0.29, 0.717) is 46.9 Å². The number of aromatic nitrogens is 4. The Morgan fingerprint density at radius 3 is 2.42 bits per heavy atom. The molecule has 5 aromatic rings. The minimum Gasteiger partial charge on any atom is -0.372 e. The highest BCUT2D eigenvalue weighted by Gasteiger charge is 2.15. The molecule has 0 radical (unpaired) electrons. The molecule has 5 rings (SSSR count). The van der Waals surface area contributed by atoms with E-state index in [4.69, 9.17) is 10.00 Å². The maximum absolute atomic E-state index is 14.5. The standard InChI is InChI=1S/C27H19FN6O2/c28-23-10-7-20(24-11-12-25-26(31-24)33-34-32-25)13-22(23)27(35)30-21-8-5-19(6-9-21)16-36-15-18-3-1-17(14-29)2-4-18/h1-13H,15-16H2,(H,30,35)(H,31,32,33,34). The molecule has 0 aliphatic heterocycles. The van der Waals surface area contributed by atoms with Crippen molar-refractivity contribution >= 4 is 22.8 Å². The van der Waals surface area contributed by atoms with Crippen LogP contribution in [0.25, 0.3) is 22.4 Å². The van der Waals surface area contributed by atoms with Gasteiger partial charge in [0.05, 0.1) is 36.1 Å². The number of aromatic amines is 1. The monoisotopic (exact) mass is 478 g/mol. The molecule has 0 spiro atoms. The first-order chi connectivity index (χ1) is 17.6. The lowest BCUT2D eigenvalue weighted by Gasteiger charge is -2.09. The minimum atomic E-state index is -0.633. The summed E-state index contributed by atoms with van der Waals surface area (Å²) in [5.74, 6) is -1.20. The van der Waals surface area contributed by atoms with Crippen LogP contribution in [0.3, 0.4) is 0 Å². The number of nitrogens with zero attached hydrogens (tertiary/aromatic N) is 4. The first-order valence-corrected chi connectivity index (χ1v) is 11.0. The number of ether oxygens (including phenoxy) is 1. The number of benzene rings is 3. The number of nitriles is 1. The third-order valence-electron chi connectivity index (χ3n) is 5.53. The fourth-order valence-electron chi connectivity index (χ4n) is 3.60. The summed E-state index contributed by atoms with van der Waals surface area (Å²) in [4.78, 5) is 17.2. The van der Waals surface area contributed by atoms with Crippen molar-refractivity contribution in [1.29, 1.82) is 5.26 Å². The van der Waals surface area contributed by atoms with Crippen LogP contribution in [0.2, 0.25) is 0 Å². The Hall–Kier alpha value is -4.94. The van der Waals surface area contributed by atoms with Gasteiger partial charge in [-0.3, -0.25) is 9.89 Å². The van der Waals surface area contributed by atoms with Crippen molar-refractivity contribution in [3.8, 4) is 17.3 Å². The van der Waals surface area contributed by atoms with E-state index in [-0.39, 0.29) is 5.56 Å². The van der Waals surface area contributed by atoms with Crippen LogP contribution < -0.4 is 5.32 Å². The summed E-state index contributed by atoms with van der Waals surface area (Å²) in [6.45, 7) is 0.798. The summed E-state index contributed by atoms with van der Waals surface area (Å²) >= 11 is 0. The Bertz CT molecular complexity index is 1570. The van der Waals surface area contributed by atoms with E-state index < -0.39 is 11.7 Å². The zero-order chi connectivity index (χ0) is 24.9. The zero-order valence-corrected chi connectivity index (χ0v) is 18.9. The summed E-state index contributed by atoms with van der Waals surface area (Å²) in [7, 11) is 0. The van der Waals surface area contributed by atoms with E-state index in [1.54, 1.807) is 42.5 Å². The van der Waals surface area contributed by atoms with Gasteiger partial charge in [0.25, 0.3) is 5.91 Å². The van der Waals surface area contributed by atoms with Gasteiger partial charge in [0.15, 0.2) is 0 Å². The largest absolute Gasteiger partial charge is 0.372 e. The van der Waals surface area contributed by atoms with E-state index in [1.165, 1.54) is 12.1 Å². The van der Waals surface area contributed by atoms with Gasteiger partial charge in [-0.1, -0.05) is 29.5 Å². The van der Waals surface area contributed by atoms with Gasteiger partial charge in [0.2, 0.25) is 5.65 Å². The molecule has 0 bridgehead atoms. The molecule has 0 aliphatic rings. The highest BCUT2D eigenvalue weighted by Crippen LogP contribution is 2.23. The second-order valence-corrected chi connectivity index (χ2v) is 8.03. The molecule has 8 nitrogen and oxygen atoms in total. The van der Waals surface area contributed by atoms with Crippen LogP contribution in [0, 0.1) is 17.1 Å². The Morgan fingerprint density at radius 1 is 0.972 bits per heavy atom. The number of hydrogen-bond acceptors (Lipinski definition) is 6. The Morgan fingerprint density at radius 2 is 1.69 bits per heavy atom. The molecule has 0 saturated heterocycles. The number of fused-ring (bicyclic) bond motifs is 1. The highest BCUT2D eigenvalue weighted by molar-refractivity contribution is 6.05. The molecule has 3 aromatic carbocycles. The van der Waals surface area contributed by atoms with Crippen LogP contribution in [0.15, 0.2) is 78.9 Å². The summed E-state index contributed by atoms with van der Waals surface area (Å²) < 4.78 is 20.2. The summed E-state index contributed by atoms with van der Waals surface area (Å²) in [6.07, 6.45) is 0. The van der Waals surface area contributed by atoms with Crippen LogP contribution in [0.4, 0.5) is 10.1 Å². The molecule has 36 heavy (non-hydrogen) atoms. The number of hydrogen-bond donors (Lipinski definition) is 2. The molecule has 2 N–H and O–H groups in total. The molecule has 0 saturated carbocycles. The number of pyridine rings is 1. The third kappa shape index (κ3) is 5.09. The Balaban J connectivity index is 1.22. The molecule has 2 heterocycles. The summed E-state index contributed by atoms with van der Waals surface area (Å²) in [5, 5.41) is 21.9. The smallest absolute Gasteiger partial charge is 0.258 e. The normalized spacial score (nSPS) is 10.8. The minimum absolute atomic E-state index is 0.0932. The highest BCUT2D eigenvalue weighted by atomic mass is 19.1. The van der Waals surface area contributed by atoms with Crippen molar-refractivity contribution in [1.82, 2.24) is 20.4 Å². The van der Waals surface area contributed by atoms with Crippen molar-refractivity contribution in [2.75, 3.05) is 5.32 Å². The maximum Gasteiger partial charge on any atom is 0.258 e. The molecule has 9 heteroatoms. The van der Waals surface area contributed by atoms with E-state index in [2.05, 4.69) is 31.8 Å². The quantitative estimate of drug-likeness (QED) is 0.340. The number of nitrogens with one attached hydrogen (secondary N) is 2. The lowest BCUT2D eigenvalue weighted by molar-refractivity contribution is 0.102. The van der Waals surface area contributed by atoms with Gasteiger partial charge in [-0.15, -0.1) is 5.10 Å². The fraction of sp³-hybridized carbons (Fsp3) is 0.0741. The second-order valence-electron chi connectivity index (χ2n) is 8.03. The molecule has 0 fully saturated rings. The van der Waals surface area contributed by atoms with Gasteiger partial charge in [0, 0.05) is 11.3 Å². The first kappa shape index (κ1) is 22.8. The van der Waals surface area contributed by atoms with E-state index >= 15 is 0 Å². The predicted molar refractivity (Wildman–Crippen MR) is 131 cm³/mol. The summed E-state index contributed by atoms with van der Waals surface area (Å²) in [6, 6.07) is 24.2. The van der Waals surface area contributed by atoms with E-state index in [9.17, 15) is 9.18 Å². The molecular weight excluding hydrogens is 459 g/mol. The van der Waals surface area contributed by atoms with Crippen LogP contribution in [0.1, 0.15) is 27.0 Å². The van der Waals surface area contributed by atoms with Crippen LogP contribution in [-0.2, 0) is 18.0 Å². The topological polar surface area (TPSA) is 117 Å². The number of anilines is 1. The Labute approximate surface area is 205 Å². The fourth-order valence-corrected chi connectivity index (χ4v) is 3.60. The lowest BCUT2D eigenvalue weighted by atomic mass is 10.1. The van der Waals surface area contributed by atoms with Gasteiger partial charge in [0.1, 0.15) is 11.3 Å². The van der Waals surface area contributed by atoms with Crippen molar-refractivity contribution in [2.24, 2.45) is 0 Å². The van der Waals surface area contributed by atoms with Crippen molar-refractivity contribution in [3.05, 3.63) is 107 Å². The van der Waals surface area contributed by atoms with E-state index in [1.807, 2.05) is 24.3 Å². The van der Waals surface area contributed by atoms with Gasteiger partial charge in [-0.25, -0.2) is 9.37 Å². The predicted octanol–water partition coefficient (Wildman–Crippen LogP) is 5.00. The molecule has 176 valence electrons. The van der Waals surface area contributed by atoms with Crippen LogP contribution in [-0.4, -0.2) is 26.3 Å². The number of amides is 1. The van der Waals surface area contributed by atoms with Crippen LogP contribution >= 0.6 is 0 Å². The molecule has 0 aliphatic carbocycles.